The Bertz CT molecular complexity index is 500. The van der Waals surface area contributed by atoms with E-state index in [1.54, 1.807) is 0 Å². The highest BCUT2D eigenvalue weighted by Crippen LogP contribution is 2.19. The van der Waals surface area contributed by atoms with Gasteiger partial charge in [0, 0.05) is 19.7 Å². The zero-order valence-electron chi connectivity index (χ0n) is 9.31. The number of nitrogens with one attached hydrogen (secondary N) is 1. The van der Waals surface area contributed by atoms with Crippen molar-refractivity contribution in [3.63, 3.8) is 0 Å². The summed E-state index contributed by atoms with van der Waals surface area (Å²) >= 11 is 0. The van der Waals surface area contributed by atoms with Gasteiger partial charge in [0.1, 0.15) is 11.3 Å². The standard InChI is InChI=1S/C11H13FN2O3/c1-16-6-8(15)5-13-11-14-9-3-2-7(12)4-10(9)17-11/h2-4,8,15H,5-6H2,1H3,(H,13,14)/t8-/m1/s1. The fourth-order valence-corrected chi connectivity index (χ4v) is 1.43. The van der Waals surface area contributed by atoms with Crippen LogP contribution >= 0.6 is 0 Å². The van der Waals surface area contributed by atoms with Gasteiger partial charge in [-0.2, -0.15) is 4.98 Å². The van der Waals surface area contributed by atoms with Crippen molar-refractivity contribution in [1.82, 2.24) is 4.98 Å². The van der Waals surface area contributed by atoms with Gasteiger partial charge in [-0.3, -0.25) is 0 Å². The predicted molar refractivity (Wildman–Crippen MR) is 60.3 cm³/mol. The molecular weight excluding hydrogens is 227 g/mol. The van der Waals surface area contributed by atoms with Gasteiger partial charge in [-0.1, -0.05) is 0 Å². The van der Waals surface area contributed by atoms with E-state index in [-0.39, 0.29) is 25.0 Å². The van der Waals surface area contributed by atoms with E-state index in [9.17, 15) is 9.50 Å². The molecule has 0 spiro atoms. The second-order valence-corrected chi connectivity index (χ2v) is 3.62. The van der Waals surface area contributed by atoms with Gasteiger partial charge in [-0.15, -0.1) is 0 Å². The third kappa shape index (κ3) is 2.92. The van der Waals surface area contributed by atoms with Gasteiger partial charge >= 0.3 is 0 Å². The highest BCUT2D eigenvalue weighted by atomic mass is 19.1. The minimum absolute atomic E-state index is 0.224. The average molecular weight is 240 g/mol. The maximum Gasteiger partial charge on any atom is 0.295 e. The first kappa shape index (κ1) is 11.8. The number of methoxy groups -OCH3 is 1. The molecule has 1 aromatic carbocycles. The fourth-order valence-electron chi connectivity index (χ4n) is 1.43. The molecule has 2 aromatic rings. The zero-order valence-corrected chi connectivity index (χ0v) is 9.31. The number of fused-ring (bicyclic) bond motifs is 1. The van der Waals surface area contributed by atoms with Crippen LogP contribution in [0, 0.1) is 5.82 Å². The molecule has 92 valence electrons. The van der Waals surface area contributed by atoms with E-state index in [1.807, 2.05) is 0 Å². The molecule has 5 nitrogen and oxygen atoms in total. The summed E-state index contributed by atoms with van der Waals surface area (Å²) in [6.45, 7) is 0.477. The minimum Gasteiger partial charge on any atom is -0.423 e. The molecule has 6 heteroatoms. The molecule has 0 unspecified atom stereocenters. The molecule has 0 radical (unpaired) electrons. The fraction of sp³-hybridized carbons (Fsp3) is 0.364. The number of nitrogens with zero attached hydrogens (tertiary/aromatic N) is 1. The lowest BCUT2D eigenvalue weighted by molar-refractivity contribution is 0.0724. The zero-order chi connectivity index (χ0) is 12.3. The van der Waals surface area contributed by atoms with Gasteiger partial charge in [0.15, 0.2) is 5.58 Å². The molecule has 2 rings (SSSR count). The highest BCUT2D eigenvalue weighted by molar-refractivity contribution is 5.74. The number of rotatable bonds is 5. The van der Waals surface area contributed by atoms with E-state index in [0.29, 0.717) is 11.1 Å². The van der Waals surface area contributed by atoms with Gasteiger partial charge in [-0.25, -0.2) is 4.39 Å². The van der Waals surface area contributed by atoms with Crippen LogP contribution < -0.4 is 5.32 Å². The summed E-state index contributed by atoms with van der Waals surface area (Å²) in [4.78, 5) is 4.09. The number of hydrogen-bond acceptors (Lipinski definition) is 5. The summed E-state index contributed by atoms with van der Waals surface area (Å²) in [6.07, 6.45) is -0.647. The monoisotopic (exact) mass is 240 g/mol. The number of halogens is 1. The molecule has 0 aliphatic carbocycles. The molecule has 0 aliphatic rings. The Morgan fingerprint density at radius 2 is 2.41 bits per heavy atom. The molecule has 0 bridgehead atoms. The van der Waals surface area contributed by atoms with Crippen molar-refractivity contribution in [2.75, 3.05) is 25.6 Å². The first-order valence-electron chi connectivity index (χ1n) is 5.16. The van der Waals surface area contributed by atoms with E-state index in [0.717, 1.165) is 0 Å². The van der Waals surface area contributed by atoms with Crippen molar-refractivity contribution in [3.8, 4) is 0 Å². The highest BCUT2D eigenvalue weighted by Gasteiger charge is 2.08. The first-order chi connectivity index (χ1) is 8.19. The molecule has 17 heavy (non-hydrogen) atoms. The lowest BCUT2D eigenvalue weighted by Crippen LogP contribution is -2.24. The molecule has 2 N–H and O–H groups in total. The van der Waals surface area contributed by atoms with Gasteiger partial charge in [0.2, 0.25) is 0 Å². The normalized spacial score (nSPS) is 12.9. The van der Waals surface area contributed by atoms with Crippen molar-refractivity contribution in [2.24, 2.45) is 0 Å². The van der Waals surface area contributed by atoms with Gasteiger partial charge < -0.3 is 19.6 Å². The molecule has 0 aliphatic heterocycles. The SMILES string of the molecule is COC[C@H](O)CNc1nc2ccc(F)cc2o1. The van der Waals surface area contributed by atoms with Crippen molar-refractivity contribution in [1.29, 1.82) is 0 Å². The smallest absolute Gasteiger partial charge is 0.295 e. The summed E-state index contributed by atoms with van der Waals surface area (Å²) in [5, 5.41) is 12.2. The largest absolute Gasteiger partial charge is 0.423 e. The molecule has 0 fully saturated rings. The Balaban J connectivity index is 2.04. The van der Waals surface area contributed by atoms with Crippen LogP contribution in [0.3, 0.4) is 0 Å². The second-order valence-electron chi connectivity index (χ2n) is 3.62. The molecule has 1 aromatic heterocycles. The molecule has 1 atom stereocenters. The number of aliphatic hydroxyl groups is 1. The van der Waals surface area contributed by atoms with Crippen LogP contribution in [-0.4, -0.2) is 36.5 Å². The number of aromatic nitrogens is 1. The molecule has 0 saturated heterocycles. The summed E-state index contributed by atoms with van der Waals surface area (Å²) in [7, 11) is 1.51. The Kier molecular flexibility index (Phi) is 3.55. The van der Waals surface area contributed by atoms with Crippen LogP contribution in [0.1, 0.15) is 0 Å². The number of benzene rings is 1. The van der Waals surface area contributed by atoms with E-state index < -0.39 is 6.10 Å². The van der Waals surface area contributed by atoms with Crippen molar-refractivity contribution in [2.45, 2.75) is 6.10 Å². The van der Waals surface area contributed by atoms with E-state index in [4.69, 9.17) is 9.15 Å². The van der Waals surface area contributed by atoms with E-state index >= 15 is 0 Å². The average Bonchev–Trinajstić information content (AvgIpc) is 2.68. The van der Waals surface area contributed by atoms with Crippen molar-refractivity contribution in [3.05, 3.63) is 24.0 Å². The van der Waals surface area contributed by atoms with Gasteiger partial charge in [0.05, 0.1) is 12.7 Å². The Morgan fingerprint density at radius 3 is 3.18 bits per heavy atom. The minimum atomic E-state index is -0.647. The van der Waals surface area contributed by atoms with Gasteiger partial charge in [-0.05, 0) is 12.1 Å². The Labute approximate surface area is 97.2 Å². The quantitative estimate of drug-likeness (QED) is 0.826. The molecule has 0 amide bonds. The van der Waals surface area contributed by atoms with Crippen LogP contribution in [0.2, 0.25) is 0 Å². The van der Waals surface area contributed by atoms with Crippen LogP contribution in [0.5, 0.6) is 0 Å². The first-order valence-corrected chi connectivity index (χ1v) is 5.16. The summed E-state index contributed by atoms with van der Waals surface area (Å²) in [5.41, 5.74) is 0.934. The van der Waals surface area contributed by atoms with Crippen molar-refractivity contribution >= 4 is 17.1 Å². The van der Waals surface area contributed by atoms with E-state index in [2.05, 4.69) is 10.3 Å². The number of hydrogen-bond donors (Lipinski definition) is 2. The third-order valence-electron chi connectivity index (χ3n) is 2.20. The number of aliphatic hydroxyl groups excluding tert-OH is 1. The Morgan fingerprint density at radius 1 is 1.59 bits per heavy atom. The topological polar surface area (TPSA) is 67.5 Å². The summed E-state index contributed by atoms with van der Waals surface area (Å²) < 4.78 is 22.9. The second kappa shape index (κ2) is 5.11. The summed E-state index contributed by atoms with van der Waals surface area (Å²) in [6, 6.07) is 4.36. The van der Waals surface area contributed by atoms with Gasteiger partial charge in [0.25, 0.3) is 6.01 Å². The van der Waals surface area contributed by atoms with Crippen LogP contribution in [0.15, 0.2) is 22.6 Å². The van der Waals surface area contributed by atoms with Crippen LogP contribution in [-0.2, 0) is 4.74 Å². The molecule has 0 saturated carbocycles. The maximum atomic E-state index is 12.9. The Hall–Kier alpha value is -1.66. The number of ether oxygens (including phenoxy) is 1. The van der Waals surface area contributed by atoms with Crippen LogP contribution in [0.4, 0.5) is 10.4 Å². The molecular formula is C11H13FN2O3. The van der Waals surface area contributed by atoms with Crippen LogP contribution in [0.25, 0.3) is 11.1 Å². The van der Waals surface area contributed by atoms with Crippen molar-refractivity contribution < 1.29 is 18.7 Å². The van der Waals surface area contributed by atoms with E-state index in [1.165, 1.54) is 25.3 Å². The number of oxazole rings is 1. The molecule has 1 heterocycles. The number of anilines is 1. The lowest BCUT2D eigenvalue weighted by atomic mass is 10.3. The summed E-state index contributed by atoms with van der Waals surface area (Å²) in [5.74, 6) is -0.375. The maximum absolute atomic E-state index is 12.9. The third-order valence-corrected chi connectivity index (χ3v) is 2.20. The lowest BCUT2D eigenvalue weighted by Gasteiger charge is -2.08. The predicted octanol–water partition coefficient (Wildman–Crippen LogP) is 1.39.